The Bertz CT molecular complexity index is 421. The third-order valence-electron chi connectivity index (χ3n) is 2.60. The second kappa shape index (κ2) is 5.47. The SMILES string of the molecule is CCNCc1ccccc1Cn1ccnc1. The summed E-state index contributed by atoms with van der Waals surface area (Å²) in [6, 6.07) is 8.52. The van der Waals surface area contributed by atoms with E-state index >= 15 is 0 Å². The molecule has 0 aliphatic heterocycles. The predicted molar refractivity (Wildman–Crippen MR) is 65.2 cm³/mol. The quantitative estimate of drug-likeness (QED) is 0.827. The smallest absolute Gasteiger partial charge is 0.0949 e. The molecular weight excluding hydrogens is 198 g/mol. The minimum atomic E-state index is 0.890. The zero-order chi connectivity index (χ0) is 11.2. The molecule has 2 aromatic rings. The van der Waals surface area contributed by atoms with Crippen LogP contribution < -0.4 is 5.32 Å². The summed E-state index contributed by atoms with van der Waals surface area (Å²) < 4.78 is 2.09. The minimum absolute atomic E-state index is 0.890. The van der Waals surface area contributed by atoms with Gasteiger partial charge in [0.15, 0.2) is 0 Å². The number of aromatic nitrogens is 2. The van der Waals surface area contributed by atoms with Crippen LogP contribution in [0.5, 0.6) is 0 Å². The van der Waals surface area contributed by atoms with Gasteiger partial charge in [-0.1, -0.05) is 31.2 Å². The number of benzene rings is 1. The molecule has 0 aliphatic rings. The molecule has 0 saturated heterocycles. The summed E-state index contributed by atoms with van der Waals surface area (Å²) in [4.78, 5) is 4.06. The highest BCUT2D eigenvalue weighted by Crippen LogP contribution is 2.10. The number of nitrogens with zero attached hydrogens (tertiary/aromatic N) is 2. The summed E-state index contributed by atoms with van der Waals surface area (Å²) in [7, 11) is 0. The number of hydrogen-bond acceptors (Lipinski definition) is 2. The van der Waals surface area contributed by atoms with E-state index in [1.165, 1.54) is 11.1 Å². The maximum atomic E-state index is 4.06. The van der Waals surface area contributed by atoms with Crippen molar-refractivity contribution in [1.82, 2.24) is 14.9 Å². The molecule has 0 radical (unpaired) electrons. The van der Waals surface area contributed by atoms with Gasteiger partial charge in [0, 0.05) is 25.5 Å². The van der Waals surface area contributed by atoms with Gasteiger partial charge in [0.1, 0.15) is 0 Å². The fraction of sp³-hybridized carbons (Fsp3) is 0.308. The van der Waals surface area contributed by atoms with Gasteiger partial charge in [-0.05, 0) is 17.7 Å². The molecule has 3 nitrogen and oxygen atoms in total. The molecule has 1 N–H and O–H groups in total. The van der Waals surface area contributed by atoms with E-state index in [0.717, 1.165) is 19.6 Å². The molecule has 2 rings (SSSR count). The van der Waals surface area contributed by atoms with E-state index in [0.29, 0.717) is 0 Å². The Morgan fingerprint density at radius 3 is 2.75 bits per heavy atom. The van der Waals surface area contributed by atoms with Crippen molar-refractivity contribution < 1.29 is 0 Å². The van der Waals surface area contributed by atoms with E-state index < -0.39 is 0 Å². The second-order valence-corrected chi connectivity index (χ2v) is 3.78. The lowest BCUT2D eigenvalue weighted by Gasteiger charge is -2.10. The van der Waals surface area contributed by atoms with Crippen LogP contribution in [-0.2, 0) is 13.1 Å². The van der Waals surface area contributed by atoms with Crippen LogP contribution >= 0.6 is 0 Å². The summed E-state index contributed by atoms with van der Waals surface area (Å²) in [5.41, 5.74) is 2.71. The summed E-state index contributed by atoms with van der Waals surface area (Å²) >= 11 is 0. The van der Waals surface area contributed by atoms with Crippen molar-refractivity contribution in [2.24, 2.45) is 0 Å². The van der Waals surface area contributed by atoms with Crippen LogP contribution in [0.15, 0.2) is 43.0 Å². The van der Waals surface area contributed by atoms with Gasteiger partial charge in [0.05, 0.1) is 6.33 Å². The number of nitrogens with one attached hydrogen (secondary N) is 1. The van der Waals surface area contributed by atoms with Crippen LogP contribution in [-0.4, -0.2) is 16.1 Å². The highest BCUT2D eigenvalue weighted by molar-refractivity contribution is 5.27. The summed E-state index contributed by atoms with van der Waals surface area (Å²) in [6.07, 6.45) is 5.65. The molecular formula is C13H17N3. The highest BCUT2D eigenvalue weighted by atomic mass is 15.0. The Labute approximate surface area is 96.1 Å². The largest absolute Gasteiger partial charge is 0.333 e. The fourth-order valence-electron chi connectivity index (χ4n) is 1.72. The van der Waals surface area contributed by atoms with Gasteiger partial charge in [0.2, 0.25) is 0 Å². The lowest BCUT2D eigenvalue weighted by atomic mass is 10.1. The Morgan fingerprint density at radius 2 is 2.06 bits per heavy atom. The third-order valence-corrected chi connectivity index (χ3v) is 2.60. The first-order valence-corrected chi connectivity index (χ1v) is 5.63. The zero-order valence-corrected chi connectivity index (χ0v) is 9.56. The molecule has 0 unspecified atom stereocenters. The molecule has 0 saturated carbocycles. The van der Waals surface area contributed by atoms with Crippen molar-refractivity contribution in [3.05, 3.63) is 54.1 Å². The minimum Gasteiger partial charge on any atom is -0.333 e. The van der Waals surface area contributed by atoms with Crippen molar-refractivity contribution in [3.63, 3.8) is 0 Å². The lowest BCUT2D eigenvalue weighted by molar-refractivity contribution is 0.707. The number of hydrogen-bond donors (Lipinski definition) is 1. The Kier molecular flexibility index (Phi) is 3.72. The first-order chi connectivity index (χ1) is 7.90. The van der Waals surface area contributed by atoms with Crippen molar-refractivity contribution >= 4 is 0 Å². The van der Waals surface area contributed by atoms with Gasteiger partial charge in [-0.25, -0.2) is 4.98 Å². The summed E-state index contributed by atoms with van der Waals surface area (Å²) in [5, 5.41) is 3.36. The van der Waals surface area contributed by atoms with E-state index in [9.17, 15) is 0 Å². The third kappa shape index (κ3) is 2.70. The van der Waals surface area contributed by atoms with Crippen LogP contribution in [0.1, 0.15) is 18.1 Å². The van der Waals surface area contributed by atoms with Gasteiger partial charge in [-0.15, -0.1) is 0 Å². The molecule has 16 heavy (non-hydrogen) atoms. The van der Waals surface area contributed by atoms with E-state index in [2.05, 4.69) is 46.1 Å². The van der Waals surface area contributed by atoms with Gasteiger partial charge in [-0.2, -0.15) is 0 Å². The lowest BCUT2D eigenvalue weighted by Crippen LogP contribution is -2.14. The highest BCUT2D eigenvalue weighted by Gasteiger charge is 2.01. The molecule has 0 fully saturated rings. The average molecular weight is 215 g/mol. The monoisotopic (exact) mass is 215 g/mol. The topological polar surface area (TPSA) is 29.9 Å². The Balaban J connectivity index is 2.13. The van der Waals surface area contributed by atoms with Crippen LogP contribution in [0.25, 0.3) is 0 Å². The molecule has 0 bridgehead atoms. The predicted octanol–water partition coefficient (Wildman–Crippen LogP) is 2.04. The van der Waals surface area contributed by atoms with Gasteiger partial charge in [-0.3, -0.25) is 0 Å². The summed E-state index contributed by atoms with van der Waals surface area (Å²) in [6.45, 7) is 4.95. The molecule has 1 heterocycles. The molecule has 1 aromatic heterocycles. The first kappa shape index (κ1) is 10.9. The van der Waals surface area contributed by atoms with Gasteiger partial charge in [0.25, 0.3) is 0 Å². The molecule has 0 aliphatic carbocycles. The van der Waals surface area contributed by atoms with Crippen LogP contribution in [0.3, 0.4) is 0 Å². The Hall–Kier alpha value is -1.61. The first-order valence-electron chi connectivity index (χ1n) is 5.63. The van der Waals surface area contributed by atoms with Crippen molar-refractivity contribution in [3.8, 4) is 0 Å². The maximum Gasteiger partial charge on any atom is 0.0949 e. The van der Waals surface area contributed by atoms with Crippen LogP contribution in [0.2, 0.25) is 0 Å². The average Bonchev–Trinajstić information content (AvgIpc) is 2.81. The van der Waals surface area contributed by atoms with Crippen LogP contribution in [0.4, 0.5) is 0 Å². The standard InChI is InChI=1S/C13H17N3/c1-2-14-9-12-5-3-4-6-13(12)10-16-8-7-15-11-16/h3-8,11,14H,2,9-10H2,1H3. The van der Waals surface area contributed by atoms with Crippen molar-refractivity contribution in [1.29, 1.82) is 0 Å². The number of rotatable bonds is 5. The van der Waals surface area contributed by atoms with E-state index in [1.807, 2.05) is 18.7 Å². The van der Waals surface area contributed by atoms with Gasteiger partial charge < -0.3 is 9.88 Å². The van der Waals surface area contributed by atoms with Crippen molar-refractivity contribution in [2.75, 3.05) is 6.54 Å². The molecule has 84 valence electrons. The fourth-order valence-corrected chi connectivity index (χ4v) is 1.72. The Morgan fingerprint density at radius 1 is 1.25 bits per heavy atom. The molecule has 1 aromatic carbocycles. The normalized spacial score (nSPS) is 10.6. The molecule has 3 heteroatoms. The zero-order valence-electron chi connectivity index (χ0n) is 9.56. The van der Waals surface area contributed by atoms with E-state index in [1.54, 1.807) is 0 Å². The number of imidazole rings is 1. The van der Waals surface area contributed by atoms with Gasteiger partial charge >= 0.3 is 0 Å². The molecule has 0 atom stereocenters. The maximum absolute atomic E-state index is 4.06. The second-order valence-electron chi connectivity index (χ2n) is 3.78. The molecule has 0 amide bonds. The molecule has 0 spiro atoms. The van der Waals surface area contributed by atoms with E-state index in [-0.39, 0.29) is 0 Å². The van der Waals surface area contributed by atoms with Crippen molar-refractivity contribution in [2.45, 2.75) is 20.0 Å². The van der Waals surface area contributed by atoms with Crippen LogP contribution in [0, 0.1) is 0 Å². The summed E-state index contributed by atoms with van der Waals surface area (Å²) in [5.74, 6) is 0. The van der Waals surface area contributed by atoms with E-state index in [4.69, 9.17) is 0 Å².